The van der Waals surface area contributed by atoms with Gasteiger partial charge in [-0.2, -0.15) is 0 Å². The number of benzene rings is 1. The standard InChI is InChI=1S/C21H31ClN4O4S/c22-19-8-7-17(31(29,30)24-10-5-15-26-14-3-6-20(26)27)16-18(19)21(28)23-9-4-13-25-11-1-2-12-25/h7-8,16,24H,1-6,9-15H2,(H,23,28). The summed E-state index contributed by atoms with van der Waals surface area (Å²) in [7, 11) is -3.78. The number of sulfonamides is 1. The molecular weight excluding hydrogens is 440 g/mol. The first kappa shape index (κ1) is 24.0. The summed E-state index contributed by atoms with van der Waals surface area (Å²) in [6.45, 7) is 5.16. The van der Waals surface area contributed by atoms with E-state index in [1.54, 1.807) is 4.90 Å². The molecule has 1 aromatic carbocycles. The van der Waals surface area contributed by atoms with Crippen LogP contribution in [-0.4, -0.2) is 75.8 Å². The molecule has 1 aromatic rings. The third-order valence-corrected chi connectivity index (χ3v) is 7.48. The molecule has 2 amide bonds. The minimum absolute atomic E-state index is 0.00337. The molecule has 0 saturated carbocycles. The second kappa shape index (κ2) is 11.3. The second-order valence-electron chi connectivity index (χ2n) is 8.04. The van der Waals surface area contributed by atoms with E-state index in [-0.39, 0.29) is 33.8 Å². The fourth-order valence-corrected chi connectivity index (χ4v) is 5.26. The number of halogens is 1. The number of likely N-dealkylation sites (tertiary alicyclic amines) is 2. The third kappa shape index (κ3) is 6.90. The van der Waals surface area contributed by atoms with Crippen LogP contribution in [0.4, 0.5) is 0 Å². The Kier molecular flexibility index (Phi) is 8.71. The van der Waals surface area contributed by atoms with Gasteiger partial charge in [0, 0.05) is 32.6 Å². The zero-order chi connectivity index (χ0) is 22.3. The van der Waals surface area contributed by atoms with Crippen LogP contribution in [0, 0.1) is 0 Å². The summed E-state index contributed by atoms with van der Waals surface area (Å²) in [5.74, 6) is -0.257. The van der Waals surface area contributed by atoms with Crippen LogP contribution in [0.15, 0.2) is 23.1 Å². The molecule has 10 heteroatoms. The summed E-state index contributed by atoms with van der Waals surface area (Å²) >= 11 is 6.15. The highest BCUT2D eigenvalue weighted by atomic mass is 35.5. The van der Waals surface area contributed by atoms with Gasteiger partial charge in [-0.05, 0) is 69.9 Å². The lowest BCUT2D eigenvalue weighted by Crippen LogP contribution is -2.31. The Morgan fingerprint density at radius 1 is 1.03 bits per heavy atom. The van der Waals surface area contributed by atoms with Crippen molar-refractivity contribution in [1.82, 2.24) is 19.8 Å². The average Bonchev–Trinajstić information content (AvgIpc) is 3.40. The van der Waals surface area contributed by atoms with Crippen LogP contribution in [0.5, 0.6) is 0 Å². The molecule has 0 atom stereocenters. The van der Waals surface area contributed by atoms with Gasteiger partial charge in [0.1, 0.15) is 0 Å². The molecule has 2 N–H and O–H groups in total. The molecule has 0 radical (unpaired) electrons. The Morgan fingerprint density at radius 2 is 1.77 bits per heavy atom. The van der Waals surface area contributed by atoms with Gasteiger partial charge in [-0.25, -0.2) is 13.1 Å². The van der Waals surface area contributed by atoms with Crippen molar-refractivity contribution >= 4 is 33.4 Å². The summed E-state index contributed by atoms with van der Waals surface area (Å²) in [5, 5.41) is 3.04. The van der Waals surface area contributed by atoms with Crippen molar-refractivity contribution in [2.45, 2.75) is 43.4 Å². The average molecular weight is 471 g/mol. The Hall–Kier alpha value is -1.68. The number of carbonyl (C=O) groups excluding carboxylic acids is 2. The van der Waals surface area contributed by atoms with Crippen molar-refractivity contribution in [3.63, 3.8) is 0 Å². The molecule has 8 nitrogen and oxygen atoms in total. The van der Waals surface area contributed by atoms with E-state index in [1.807, 2.05) is 0 Å². The van der Waals surface area contributed by atoms with E-state index in [9.17, 15) is 18.0 Å². The van der Waals surface area contributed by atoms with Crippen LogP contribution in [0.2, 0.25) is 5.02 Å². The van der Waals surface area contributed by atoms with Crippen molar-refractivity contribution in [1.29, 1.82) is 0 Å². The SMILES string of the molecule is O=C(NCCCN1CCCC1)c1cc(S(=O)(=O)NCCCN2CCCC2=O)ccc1Cl. The predicted molar refractivity (Wildman–Crippen MR) is 120 cm³/mol. The van der Waals surface area contributed by atoms with E-state index in [0.29, 0.717) is 25.9 Å². The maximum absolute atomic E-state index is 12.6. The van der Waals surface area contributed by atoms with Gasteiger partial charge < -0.3 is 15.1 Å². The molecule has 0 unspecified atom stereocenters. The number of nitrogens with zero attached hydrogens (tertiary/aromatic N) is 2. The van der Waals surface area contributed by atoms with E-state index in [4.69, 9.17) is 11.6 Å². The summed E-state index contributed by atoms with van der Waals surface area (Å²) in [5.41, 5.74) is 0.147. The molecule has 2 fully saturated rings. The summed E-state index contributed by atoms with van der Waals surface area (Å²) in [4.78, 5) is 28.3. The normalized spacial score (nSPS) is 17.5. The van der Waals surface area contributed by atoms with Crippen molar-refractivity contribution < 1.29 is 18.0 Å². The van der Waals surface area contributed by atoms with Crippen LogP contribution >= 0.6 is 11.6 Å². The van der Waals surface area contributed by atoms with Gasteiger partial charge in [0.25, 0.3) is 5.91 Å². The Labute approximate surface area is 189 Å². The minimum Gasteiger partial charge on any atom is -0.352 e. The molecule has 172 valence electrons. The number of hydrogen-bond donors (Lipinski definition) is 2. The smallest absolute Gasteiger partial charge is 0.252 e. The molecule has 0 aliphatic carbocycles. The van der Waals surface area contributed by atoms with E-state index < -0.39 is 10.0 Å². The van der Waals surface area contributed by atoms with Crippen LogP contribution in [0.25, 0.3) is 0 Å². The van der Waals surface area contributed by atoms with Gasteiger partial charge in [-0.3, -0.25) is 9.59 Å². The van der Waals surface area contributed by atoms with Crippen molar-refractivity contribution in [2.24, 2.45) is 0 Å². The maximum atomic E-state index is 12.6. The fourth-order valence-electron chi connectivity index (χ4n) is 3.95. The van der Waals surface area contributed by atoms with Crippen molar-refractivity contribution in [3.05, 3.63) is 28.8 Å². The first-order valence-corrected chi connectivity index (χ1v) is 12.8. The first-order valence-electron chi connectivity index (χ1n) is 10.9. The fraction of sp³-hybridized carbons (Fsp3) is 0.619. The predicted octanol–water partition coefficient (Wildman–Crippen LogP) is 1.85. The number of amides is 2. The third-order valence-electron chi connectivity index (χ3n) is 5.70. The largest absolute Gasteiger partial charge is 0.352 e. The van der Waals surface area contributed by atoms with Gasteiger partial charge in [0.2, 0.25) is 15.9 Å². The quantitative estimate of drug-likeness (QED) is 0.481. The van der Waals surface area contributed by atoms with Gasteiger partial charge in [-0.1, -0.05) is 11.6 Å². The lowest BCUT2D eigenvalue weighted by Gasteiger charge is -2.16. The van der Waals surface area contributed by atoms with Crippen LogP contribution in [0.3, 0.4) is 0 Å². The number of rotatable bonds is 11. The number of nitrogens with one attached hydrogen (secondary N) is 2. The topological polar surface area (TPSA) is 98.8 Å². The first-order chi connectivity index (χ1) is 14.9. The highest BCUT2D eigenvalue weighted by molar-refractivity contribution is 7.89. The molecule has 0 aromatic heterocycles. The molecule has 0 bridgehead atoms. The zero-order valence-corrected chi connectivity index (χ0v) is 19.3. The minimum atomic E-state index is -3.78. The monoisotopic (exact) mass is 470 g/mol. The molecule has 2 saturated heterocycles. The summed E-state index contributed by atoms with van der Waals surface area (Å²) < 4.78 is 27.8. The van der Waals surface area contributed by atoms with Gasteiger partial charge in [0.05, 0.1) is 15.5 Å². The van der Waals surface area contributed by atoms with Crippen LogP contribution in [0.1, 0.15) is 48.9 Å². The van der Waals surface area contributed by atoms with E-state index in [0.717, 1.165) is 39.0 Å². The van der Waals surface area contributed by atoms with Gasteiger partial charge in [0.15, 0.2) is 0 Å². The highest BCUT2D eigenvalue weighted by Crippen LogP contribution is 2.21. The highest BCUT2D eigenvalue weighted by Gasteiger charge is 2.21. The summed E-state index contributed by atoms with van der Waals surface area (Å²) in [6, 6.07) is 4.13. The van der Waals surface area contributed by atoms with Crippen LogP contribution in [-0.2, 0) is 14.8 Å². The molecule has 3 rings (SSSR count). The zero-order valence-electron chi connectivity index (χ0n) is 17.7. The summed E-state index contributed by atoms with van der Waals surface area (Å²) in [6.07, 6.45) is 5.25. The van der Waals surface area contributed by atoms with Gasteiger partial charge in [-0.15, -0.1) is 0 Å². The molecule has 2 aliphatic rings. The lowest BCUT2D eigenvalue weighted by atomic mass is 10.2. The number of hydrogen-bond acceptors (Lipinski definition) is 5. The van der Waals surface area contributed by atoms with E-state index in [1.165, 1.54) is 31.0 Å². The Balaban J connectivity index is 1.49. The number of carbonyl (C=O) groups is 2. The Morgan fingerprint density at radius 3 is 2.48 bits per heavy atom. The molecule has 2 aliphatic heterocycles. The van der Waals surface area contributed by atoms with Crippen LogP contribution < -0.4 is 10.0 Å². The lowest BCUT2D eigenvalue weighted by molar-refractivity contribution is -0.127. The second-order valence-corrected chi connectivity index (χ2v) is 10.2. The van der Waals surface area contributed by atoms with Crippen molar-refractivity contribution in [2.75, 3.05) is 45.8 Å². The molecule has 2 heterocycles. The Bertz CT molecular complexity index is 887. The van der Waals surface area contributed by atoms with E-state index >= 15 is 0 Å². The maximum Gasteiger partial charge on any atom is 0.252 e. The van der Waals surface area contributed by atoms with Crippen molar-refractivity contribution in [3.8, 4) is 0 Å². The molecule has 31 heavy (non-hydrogen) atoms. The molecule has 0 spiro atoms. The molecular formula is C21H31ClN4O4S. The van der Waals surface area contributed by atoms with Gasteiger partial charge >= 0.3 is 0 Å². The van der Waals surface area contributed by atoms with E-state index in [2.05, 4.69) is 14.9 Å².